The highest BCUT2D eigenvalue weighted by Crippen LogP contribution is 2.42. The van der Waals surface area contributed by atoms with Gasteiger partial charge >= 0.3 is 0 Å². The first kappa shape index (κ1) is 23.4. The van der Waals surface area contributed by atoms with Gasteiger partial charge in [-0.2, -0.15) is 0 Å². The highest BCUT2D eigenvalue weighted by atomic mass is 32.2. The van der Waals surface area contributed by atoms with E-state index in [1.807, 2.05) is 47.0 Å². The number of ether oxygens (including phenoxy) is 1. The summed E-state index contributed by atoms with van der Waals surface area (Å²) in [6.07, 6.45) is 0. The number of nitrogens with zero attached hydrogens (tertiary/aromatic N) is 1. The molecule has 0 aliphatic rings. The number of hydrogen-bond donors (Lipinski definition) is 2. The molecule has 1 heterocycles. The third-order valence-electron chi connectivity index (χ3n) is 6.13. The Hall–Kier alpha value is -4.30. The number of fused-ring (bicyclic) bond motifs is 3. The highest BCUT2D eigenvalue weighted by Gasteiger charge is 2.24. The van der Waals surface area contributed by atoms with E-state index >= 15 is 0 Å². The summed E-state index contributed by atoms with van der Waals surface area (Å²) in [6.45, 7) is 0.448. The predicted molar refractivity (Wildman–Crippen MR) is 143 cm³/mol. The Morgan fingerprint density at radius 3 is 2.17 bits per heavy atom. The maximum atomic E-state index is 13.2. The van der Waals surface area contributed by atoms with E-state index in [9.17, 15) is 13.2 Å². The zero-order chi connectivity index (χ0) is 25.3. The Labute approximate surface area is 209 Å². The van der Waals surface area contributed by atoms with E-state index in [1.54, 1.807) is 55.6 Å². The smallest absolute Gasteiger partial charge is 0.249 e. The molecule has 0 spiro atoms. The van der Waals surface area contributed by atoms with Crippen LogP contribution in [0.1, 0.15) is 21.5 Å². The van der Waals surface area contributed by atoms with Crippen molar-refractivity contribution >= 4 is 43.4 Å². The normalized spacial score (nSPS) is 11.6. The van der Waals surface area contributed by atoms with Gasteiger partial charge in [0.2, 0.25) is 15.9 Å². The van der Waals surface area contributed by atoms with Crippen LogP contribution in [-0.4, -0.2) is 26.0 Å². The van der Waals surface area contributed by atoms with Gasteiger partial charge in [0, 0.05) is 17.5 Å². The second kappa shape index (κ2) is 9.39. The molecule has 0 aliphatic carbocycles. The zero-order valence-electron chi connectivity index (χ0n) is 19.6. The summed E-state index contributed by atoms with van der Waals surface area (Å²) < 4.78 is 36.8. The minimum Gasteiger partial charge on any atom is -0.496 e. The summed E-state index contributed by atoms with van der Waals surface area (Å²) in [5, 5.41) is 1.25. The van der Waals surface area contributed by atoms with Crippen molar-refractivity contribution in [2.45, 2.75) is 12.3 Å². The Morgan fingerprint density at radius 1 is 0.861 bits per heavy atom. The van der Waals surface area contributed by atoms with Crippen molar-refractivity contribution in [3.63, 3.8) is 0 Å². The van der Waals surface area contributed by atoms with Crippen molar-refractivity contribution in [1.29, 1.82) is 0 Å². The molecule has 0 fully saturated rings. The predicted octanol–water partition coefficient (Wildman–Crippen LogP) is 4.89. The van der Waals surface area contributed by atoms with Crippen LogP contribution in [0.25, 0.3) is 21.8 Å². The van der Waals surface area contributed by atoms with E-state index in [0.29, 0.717) is 45.4 Å². The summed E-state index contributed by atoms with van der Waals surface area (Å²) in [4.78, 5) is 12.4. The van der Waals surface area contributed by atoms with Crippen LogP contribution in [0.4, 0.5) is 5.69 Å². The highest BCUT2D eigenvalue weighted by molar-refractivity contribution is 7.91. The fraction of sp³-hybridized carbons (Fsp3) is 0.107. The largest absolute Gasteiger partial charge is 0.496 e. The third-order valence-corrected chi connectivity index (χ3v) is 7.37. The molecule has 1 amide bonds. The monoisotopic (exact) mass is 499 g/mol. The zero-order valence-corrected chi connectivity index (χ0v) is 20.5. The van der Waals surface area contributed by atoms with Gasteiger partial charge < -0.3 is 15.0 Å². The van der Waals surface area contributed by atoms with Crippen molar-refractivity contribution in [2.75, 3.05) is 11.8 Å². The SMILES string of the molecule is COc1ccc(NS(=O)(=O)Cc2ccccc2)c2c1c1c(C(N)=O)cccc1n2Cc1ccccc1. The summed E-state index contributed by atoms with van der Waals surface area (Å²) in [5.74, 6) is -0.231. The molecule has 5 aromatic rings. The first-order chi connectivity index (χ1) is 17.4. The number of aromatic nitrogens is 1. The number of hydrogen-bond acceptors (Lipinski definition) is 4. The lowest BCUT2D eigenvalue weighted by molar-refractivity contribution is 0.100. The quantitative estimate of drug-likeness (QED) is 0.317. The van der Waals surface area contributed by atoms with Crippen molar-refractivity contribution in [2.24, 2.45) is 5.73 Å². The van der Waals surface area contributed by atoms with Gasteiger partial charge in [0.1, 0.15) is 5.75 Å². The van der Waals surface area contributed by atoms with Crippen molar-refractivity contribution in [3.05, 3.63) is 108 Å². The van der Waals surface area contributed by atoms with Crippen LogP contribution in [0.2, 0.25) is 0 Å². The van der Waals surface area contributed by atoms with Crippen molar-refractivity contribution in [3.8, 4) is 5.75 Å². The van der Waals surface area contributed by atoms with Gasteiger partial charge in [-0.25, -0.2) is 8.42 Å². The Morgan fingerprint density at radius 2 is 1.53 bits per heavy atom. The molecule has 0 saturated carbocycles. The number of nitrogens with one attached hydrogen (secondary N) is 1. The van der Waals surface area contributed by atoms with Crippen LogP contribution < -0.4 is 15.2 Å². The van der Waals surface area contributed by atoms with Gasteiger partial charge in [-0.05, 0) is 35.4 Å². The van der Waals surface area contributed by atoms with E-state index in [1.165, 1.54) is 0 Å². The van der Waals surface area contributed by atoms with Crippen LogP contribution in [-0.2, 0) is 22.3 Å². The molecule has 7 nitrogen and oxygen atoms in total. The van der Waals surface area contributed by atoms with E-state index in [0.717, 1.165) is 11.1 Å². The van der Waals surface area contributed by atoms with Crippen molar-refractivity contribution in [1.82, 2.24) is 4.57 Å². The molecule has 0 bridgehead atoms. The first-order valence-electron chi connectivity index (χ1n) is 11.4. The average Bonchev–Trinajstić information content (AvgIpc) is 3.20. The van der Waals surface area contributed by atoms with Crippen LogP contribution in [0.15, 0.2) is 91.0 Å². The number of benzene rings is 4. The molecule has 3 N–H and O–H groups in total. The number of carbonyl (C=O) groups excluding carboxylic acids is 1. The fourth-order valence-corrected chi connectivity index (χ4v) is 5.83. The number of nitrogens with two attached hydrogens (primary N) is 1. The van der Waals surface area contributed by atoms with Gasteiger partial charge in [0.25, 0.3) is 0 Å². The maximum absolute atomic E-state index is 13.2. The minimum absolute atomic E-state index is 0.174. The number of anilines is 1. The number of primary amides is 1. The second-order valence-electron chi connectivity index (χ2n) is 8.52. The average molecular weight is 500 g/mol. The van der Waals surface area contributed by atoms with Gasteiger partial charge in [-0.1, -0.05) is 66.7 Å². The number of sulfonamides is 1. The number of rotatable bonds is 8. The molecule has 0 atom stereocenters. The van der Waals surface area contributed by atoms with Crippen LogP contribution in [0, 0.1) is 0 Å². The summed E-state index contributed by atoms with van der Waals surface area (Å²) in [7, 11) is -2.21. The van der Waals surface area contributed by atoms with E-state index in [2.05, 4.69) is 4.72 Å². The van der Waals surface area contributed by atoms with Crippen LogP contribution in [0.5, 0.6) is 5.75 Å². The Bertz CT molecular complexity index is 1680. The Balaban J connectivity index is 1.77. The molecule has 0 unspecified atom stereocenters. The number of amides is 1. The lowest BCUT2D eigenvalue weighted by Crippen LogP contribution is -2.16. The molecule has 0 radical (unpaired) electrons. The molecule has 182 valence electrons. The first-order valence-corrected chi connectivity index (χ1v) is 13.0. The van der Waals surface area contributed by atoms with Gasteiger partial charge in [-0.3, -0.25) is 9.52 Å². The lowest BCUT2D eigenvalue weighted by atomic mass is 10.0. The molecule has 5 rings (SSSR count). The summed E-state index contributed by atoms with van der Waals surface area (Å²) in [6, 6.07) is 27.5. The van der Waals surface area contributed by atoms with Crippen molar-refractivity contribution < 1.29 is 17.9 Å². The molecule has 1 aromatic heterocycles. The summed E-state index contributed by atoms with van der Waals surface area (Å²) in [5.41, 5.74) is 9.53. The van der Waals surface area contributed by atoms with E-state index in [4.69, 9.17) is 10.5 Å². The second-order valence-corrected chi connectivity index (χ2v) is 10.2. The molecule has 8 heteroatoms. The molecule has 0 saturated heterocycles. The van der Waals surface area contributed by atoms with Gasteiger partial charge in [0.05, 0.1) is 35.0 Å². The molecular weight excluding hydrogens is 474 g/mol. The molecule has 36 heavy (non-hydrogen) atoms. The fourth-order valence-electron chi connectivity index (χ4n) is 4.63. The number of methoxy groups -OCH3 is 1. The Kier molecular flexibility index (Phi) is 6.12. The van der Waals surface area contributed by atoms with Crippen LogP contribution in [0.3, 0.4) is 0 Å². The molecule has 0 aliphatic heterocycles. The maximum Gasteiger partial charge on any atom is 0.249 e. The lowest BCUT2D eigenvalue weighted by Gasteiger charge is -2.15. The minimum atomic E-state index is -3.75. The molecular formula is C28H25N3O4S. The van der Waals surface area contributed by atoms with E-state index in [-0.39, 0.29) is 5.75 Å². The summed E-state index contributed by atoms with van der Waals surface area (Å²) >= 11 is 0. The van der Waals surface area contributed by atoms with E-state index < -0.39 is 15.9 Å². The number of carbonyl (C=O) groups is 1. The van der Waals surface area contributed by atoms with Gasteiger partial charge in [0.15, 0.2) is 0 Å². The topological polar surface area (TPSA) is 103 Å². The van der Waals surface area contributed by atoms with Gasteiger partial charge in [-0.15, -0.1) is 0 Å². The standard InChI is InChI=1S/C28H25N3O4S/c1-35-24-16-15-22(30-36(33,34)18-20-11-6-3-7-12-20)27-26(24)25-21(28(29)32)13-8-14-23(25)31(27)17-19-9-4-2-5-10-19/h2-16,30H,17-18H2,1H3,(H2,29,32). The molecule has 4 aromatic carbocycles. The third kappa shape index (κ3) is 4.38. The van der Waals surface area contributed by atoms with Crippen LogP contribution >= 0.6 is 0 Å².